The Labute approximate surface area is 139 Å². The van der Waals surface area contributed by atoms with Gasteiger partial charge in [0.05, 0.1) is 31.9 Å². The summed E-state index contributed by atoms with van der Waals surface area (Å²) in [4.78, 5) is 20.9. The van der Waals surface area contributed by atoms with Crippen LogP contribution in [0.25, 0.3) is 11.0 Å². The van der Waals surface area contributed by atoms with Gasteiger partial charge in [-0.2, -0.15) is 0 Å². The van der Waals surface area contributed by atoms with Crippen LogP contribution in [-0.4, -0.2) is 78.6 Å². The van der Waals surface area contributed by atoms with Crippen LogP contribution in [0.5, 0.6) is 0 Å². The molecule has 0 radical (unpaired) electrons. The highest BCUT2D eigenvalue weighted by molar-refractivity contribution is 5.92. The predicted octanol–water partition coefficient (Wildman–Crippen LogP) is 0.334. The molecule has 126 valence electrons. The molecule has 2 aliphatic heterocycles. The van der Waals surface area contributed by atoms with E-state index in [1.807, 2.05) is 18.2 Å². The van der Waals surface area contributed by atoms with Crippen molar-refractivity contribution < 1.29 is 14.3 Å². The molecule has 8 nitrogen and oxygen atoms in total. The lowest BCUT2D eigenvalue weighted by Crippen LogP contribution is -2.41. The predicted molar refractivity (Wildman–Crippen MR) is 87.1 cm³/mol. The van der Waals surface area contributed by atoms with E-state index >= 15 is 0 Å². The number of benzene rings is 1. The highest BCUT2D eigenvalue weighted by Gasteiger charge is 2.22. The molecule has 0 spiro atoms. The van der Waals surface area contributed by atoms with Gasteiger partial charge in [-0.15, -0.1) is 10.2 Å². The van der Waals surface area contributed by atoms with E-state index in [-0.39, 0.29) is 11.7 Å². The third-order valence-electron chi connectivity index (χ3n) is 4.30. The zero-order chi connectivity index (χ0) is 16.4. The second-order valence-electron chi connectivity index (χ2n) is 5.81. The second-order valence-corrected chi connectivity index (χ2v) is 5.81. The molecule has 3 heterocycles. The van der Waals surface area contributed by atoms with Crippen LogP contribution >= 0.6 is 0 Å². The van der Waals surface area contributed by atoms with E-state index in [1.54, 1.807) is 4.90 Å². The van der Waals surface area contributed by atoms with Gasteiger partial charge >= 0.3 is 0 Å². The first-order chi connectivity index (χ1) is 11.8. The summed E-state index contributed by atoms with van der Waals surface area (Å²) >= 11 is 0. The summed E-state index contributed by atoms with van der Waals surface area (Å²) in [7, 11) is 0. The maximum Gasteiger partial charge on any atom is 0.293 e. The molecule has 2 aromatic rings. The minimum atomic E-state index is -0.190. The Morgan fingerprint density at radius 2 is 1.62 bits per heavy atom. The maximum atomic E-state index is 12.5. The zero-order valence-electron chi connectivity index (χ0n) is 13.3. The van der Waals surface area contributed by atoms with Gasteiger partial charge in [0, 0.05) is 31.9 Å². The molecule has 0 aliphatic carbocycles. The molecule has 1 amide bonds. The first kappa shape index (κ1) is 15.2. The number of nitrogens with zero attached hydrogens (tertiary/aromatic N) is 5. The second kappa shape index (κ2) is 6.66. The molecular formula is C16H19N5O3. The van der Waals surface area contributed by atoms with Gasteiger partial charge in [0.25, 0.3) is 5.91 Å². The highest BCUT2D eigenvalue weighted by Crippen LogP contribution is 2.20. The number of hydrogen-bond donors (Lipinski definition) is 0. The number of aromatic nitrogens is 3. The number of amides is 1. The molecule has 2 aliphatic rings. The van der Waals surface area contributed by atoms with E-state index < -0.39 is 0 Å². The standard InChI is InChI=1S/C16H19N5O3/c22-16(21-5-9-24-10-6-21)15-17-14-11-12(1-2-13(14)18-19-15)20-3-7-23-8-4-20/h1-2,11H,3-10H2. The largest absolute Gasteiger partial charge is 0.378 e. The first-order valence-electron chi connectivity index (χ1n) is 8.15. The van der Waals surface area contributed by atoms with Crippen molar-refractivity contribution in [3.63, 3.8) is 0 Å². The summed E-state index contributed by atoms with van der Waals surface area (Å²) in [5.41, 5.74) is 2.44. The Balaban J connectivity index is 1.61. The Morgan fingerprint density at radius 1 is 0.917 bits per heavy atom. The van der Waals surface area contributed by atoms with E-state index in [4.69, 9.17) is 9.47 Å². The third kappa shape index (κ3) is 3.02. The Kier molecular flexibility index (Phi) is 4.22. The van der Waals surface area contributed by atoms with Crippen molar-refractivity contribution in [3.8, 4) is 0 Å². The monoisotopic (exact) mass is 329 g/mol. The van der Waals surface area contributed by atoms with Crippen LogP contribution in [0.2, 0.25) is 0 Å². The quantitative estimate of drug-likeness (QED) is 0.785. The summed E-state index contributed by atoms with van der Waals surface area (Å²) < 4.78 is 10.7. The first-order valence-corrected chi connectivity index (χ1v) is 8.15. The molecule has 1 aromatic carbocycles. The fraction of sp³-hybridized carbons (Fsp3) is 0.500. The number of fused-ring (bicyclic) bond motifs is 1. The summed E-state index contributed by atoms with van der Waals surface area (Å²) in [5, 5.41) is 8.15. The van der Waals surface area contributed by atoms with E-state index in [2.05, 4.69) is 20.1 Å². The lowest BCUT2D eigenvalue weighted by atomic mass is 10.2. The molecule has 24 heavy (non-hydrogen) atoms. The van der Waals surface area contributed by atoms with Crippen LogP contribution in [-0.2, 0) is 9.47 Å². The number of ether oxygens (including phenoxy) is 2. The van der Waals surface area contributed by atoms with Gasteiger partial charge in [0.15, 0.2) is 0 Å². The summed E-state index contributed by atoms with van der Waals surface area (Å²) in [5.74, 6) is -0.0481. The number of carbonyl (C=O) groups excluding carboxylic acids is 1. The van der Waals surface area contributed by atoms with Crippen molar-refractivity contribution >= 4 is 22.6 Å². The van der Waals surface area contributed by atoms with Crippen molar-refractivity contribution in [2.24, 2.45) is 0 Å². The van der Waals surface area contributed by atoms with Gasteiger partial charge in [0.1, 0.15) is 5.52 Å². The minimum Gasteiger partial charge on any atom is -0.378 e. The molecule has 0 bridgehead atoms. The molecule has 8 heteroatoms. The minimum absolute atomic E-state index is 0.142. The number of anilines is 1. The van der Waals surface area contributed by atoms with E-state index in [0.717, 1.165) is 32.0 Å². The van der Waals surface area contributed by atoms with Crippen LogP contribution in [0.15, 0.2) is 18.2 Å². The van der Waals surface area contributed by atoms with E-state index in [1.165, 1.54) is 0 Å². The third-order valence-corrected chi connectivity index (χ3v) is 4.30. The van der Waals surface area contributed by atoms with E-state index in [9.17, 15) is 4.79 Å². The van der Waals surface area contributed by atoms with Gasteiger partial charge in [-0.25, -0.2) is 4.98 Å². The van der Waals surface area contributed by atoms with Gasteiger partial charge in [-0.3, -0.25) is 4.79 Å². The smallest absolute Gasteiger partial charge is 0.293 e. The number of morpholine rings is 2. The van der Waals surface area contributed by atoms with Crippen LogP contribution in [0.3, 0.4) is 0 Å². The average Bonchev–Trinajstić information content (AvgIpc) is 2.68. The Hall–Kier alpha value is -2.32. The van der Waals surface area contributed by atoms with Crippen LogP contribution < -0.4 is 4.90 Å². The van der Waals surface area contributed by atoms with Gasteiger partial charge in [-0.1, -0.05) is 0 Å². The molecule has 0 N–H and O–H groups in total. The van der Waals surface area contributed by atoms with Crippen molar-refractivity contribution in [1.29, 1.82) is 0 Å². The van der Waals surface area contributed by atoms with Crippen LogP contribution in [0, 0.1) is 0 Å². The van der Waals surface area contributed by atoms with E-state index in [0.29, 0.717) is 37.3 Å². The maximum absolute atomic E-state index is 12.5. The molecule has 0 atom stereocenters. The number of carbonyl (C=O) groups is 1. The van der Waals surface area contributed by atoms with Crippen molar-refractivity contribution in [2.75, 3.05) is 57.5 Å². The molecule has 0 unspecified atom stereocenters. The number of rotatable bonds is 2. The van der Waals surface area contributed by atoms with Gasteiger partial charge < -0.3 is 19.3 Å². The zero-order valence-corrected chi connectivity index (χ0v) is 13.3. The molecular weight excluding hydrogens is 310 g/mol. The van der Waals surface area contributed by atoms with Crippen molar-refractivity contribution in [1.82, 2.24) is 20.1 Å². The highest BCUT2D eigenvalue weighted by atomic mass is 16.5. The Bertz CT molecular complexity index is 742. The van der Waals surface area contributed by atoms with Gasteiger partial charge in [0.2, 0.25) is 5.82 Å². The lowest BCUT2D eigenvalue weighted by molar-refractivity contribution is 0.0294. The molecule has 1 aromatic heterocycles. The summed E-state index contributed by atoms with van der Waals surface area (Å²) in [6, 6.07) is 5.86. The van der Waals surface area contributed by atoms with Crippen molar-refractivity contribution in [3.05, 3.63) is 24.0 Å². The van der Waals surface area contributed by atoms with Gasteiger partial charge in [-0.05, 0) is 18.2 Å². The van der Waals surface area contributed by atoms with Crippen molar-refractivity contribution in [2.45, 2.75) is 0 Å². The lowest BCUT2D eigenvalue weighted by Gasteiger charge is -2.28. The number of hydrogen-bond acceptors (Lipinski definition) is 7. The fourth-order valence-corrected chi connectivity index (χ4v) is 2.94. The van der Waals surface area contributed by atoms with Crippen LogP contribution in [0.4, 0.5) is 5.69 Å². The molecule has 2 fully saturated rings. The average molecular weight is 329 g/mol. The SMILES string of the molecule is O=C(c1nnc2ccc(N3CCOCC3)cc2n1)N1CCOCC1. The van der Waals surface area contributed by atoms with Crippen LogP contribution in [0.1, 0.15) is 10.6 Å². The molecule has 2 saturated heterocycles. The Morgan fingerprint density at radius 3 is 2.38 bits per heavy atom. The summed E-state index contributed by atoms with van der Waals surface area (Å²) in [6.07, 6.45) is 0. The molecule has 4 rings (SSSR count). The fourth-order valence-electron chi connectivity index (χ4n) is 2.94. The normalized spacial score (nSPS) is 18.8. The topological polar surface area (TPSA) is 80.7 Å². The summed E-state index contributed by atoms with van der Waals surface area (Å²) in [6.45, 7) is 5.37. The molecule has 0 saturated carbocycles.